The van der Waals surface area contributed by atoms with E-state index in [9.17, 15) is 18.0 Å². The van der Waals surface area contributed by atoms with E-state index in [4.69, 9.17) is 5.73 Å². The number of amides is 2. The van der Waals surface area contributed by atoms with Crippen molar-refractivity contribution in [2.75, 3.05) is 12.3 Å². The molecule has 1 saturated heterocycles. The lowest BCUT2D eigenvalue weighted by atomic mass is 10.0. The molecule has 0 aromatic heterocycles. The third kappa shape index (κ3) is 2.27. The Hall–Kier alpha value is -1.93. The fourth-order valence-corrected chi connectivity index (χ4v) is 3.71. The molecule has 20 heavy (non-hydrogen) atoms. The molecule has 0 unspecified atom stereocenters. The number of hydrogen-bond donors (Lipinski definition) is 2. The van der Waals surface area contributed by atoms with Crippen LogP contribution in [0.15, 0.2) is 29.2 Å². The molecule has 1 aliphatic rings. The highest BCUT2D eigenvalue weighted by molar-refractivity contribution is 7.89. The second-order valence-corrected chi connectivity index (χ2v) is 6.88. The number of carbonyl (C=O) groups is 2. The predicted molar refractivity (Wildman–Crippen MR) is 72.0 cm³/mol. The molecule has 108 valence electrons. The van der Waals surface area contributed by atoms with Crippen LogP contribution in [0, 0.1) is 0 Å². The number of nitrogens with two attached hydrogens (primary N) is 1. The van der Waals surface area contributed by atoms with Gasteiger partial charge in [0.25, 0.3) is 0 Å². The number of benzene rings is 1. The zero-order valence-electron chi connectivity index (χ0n) is 11.1. The fourth-order valence-electron chi connectivity index (χ4n) is 1.95. The third-order valence-electron chi connectivity index (χ3n) is 3.17. The van der Waals surface area contributed by atoms with Crippen LogP contribution in [-0.4, -0.2) is 36.6 Å². The summed E-state index contributed by atoms with van der Waals surface area (Å²) in [4.78, 5) is 23.2. The summed E-state index contributed by atoms with van der Waals surface area (Å²) < 4.78 is 26.1. The lowest BCUT2D eigenvalue weighted by molar-refractivity contribution is -0.141. The monoisotopic (exact) mass is 297 g/mol. The topological polar surface area (TPSA) is 110 Å². The van der Waals surface area contributed by atoms with Crippen LogP contribution in [0.1, 0.15) is 13.8 Å². The Kier molecular flexibility index (Phi) is 3.31. The van der Waals surface area contributed by atoms with Gasteiger partial charge >= 0.3 is 0 Å². The number of rotatable bonds is 2. The number of nitrogen functional groups attached to an aromatic ring is 1. The Morgan fingerprint density at radius 1 is 1.30 bits per heavy atom. The van der Waals surface area contributed by atoms with E-state index in [1.807, 2.05) is 0 Å². The van der Waals surface area contributed by atoms with E-state index in [0.717, 1.165) is 4.31 Å². The summed E-state index contributed by atoms with van der Waals surface area (Å²) in [6.45, 7) is 2.48. The first kappa shape index (κ1) is 14.5. The van der Waals surface area contributed by atoms with Gasteiger partial charge in [-0.2, -0.15) is 4.31 Å². The van der Waals surface area contributed by atoms with Crippen molar-refractivity contribution < 1.29 is 18.0 Å². The summed E-state index contributed by atoms with van der Waals surface area (Å²) in [7, 11) is -3.99. The average molecular weight is 297 g/mol. The Morgan fingerprint density at radius 3 is 2.55 bits per heavy atom. The van der Waals surface area contributed by atoms with Gasteiger partial charge in [-0.25, -0.2) is 8.42 Å². The van der Waals surface area contributed by atoms with Crippen molar-refractivity contribution in [2.45, 2.75) is 24.3 Å². The molecular weight excluding hydrogens is 282 g/mol. The quantitative estimate of drug-likeness (QED) is 0.575. The number of sulfonamides is 1. The summed E-state index contributed by atoms with van der Waals surface area (Å²) in [6, 6.07) is 5.72. The first-order valence-electron chi connectivity index (χ1n) is 5.88. The van der Waals surface area contributed by atoms with E-state index >= 15 is 0 Å². The Morgan fingerprint density at radius 2 is 1.95 bits per heavy atom. The van der Waals surface area contributed by atoms with Crippen LogP contribution in [0.25, 0.3) is 0 Å². The van der Waals surface area contributed by atoms with Gasteiger partial charge in [0, 0.05) is 5.69 Å². The van der Waals surface area contributed by atoms with Crippen molar-refractivity contribution >= 4 is 27.5 Å². The van der Waals surface area contributed by atoms with Crippen LogP contribution >= 0.6 is 0 Å². The van der Waals surface area contributed by atoms with Crippen LogP contribution in [0.3, 0.4) is 0 Å². The van der Waals surface area contributed by atoms with Crippen LogP contribution in [0.4, 0.5) is 5.69 Å². The lowest BCUT2D eigenvalue weighted by Crippen LogP contribution is -2.65. The molecule has 1 aromatic rings. The first-order chi connectivity index (χ1) is 9.15. The van der Waals surface area contributed by atoms with Gasteiger partial charge in [-0.3, -0.25) is 14.9 Å². The van der Waals surface area contributed by atoms with Crippen molar-refractivity contribution in [1.82, 2.24) is 9.62 Å². The summed E-state index contributed by atoms with van der Waals surface area (Å²) in [6.07, 6.45) is 0. The molecule has 0 atom stereocenters. The highest BCUT2D eigenvalue weighted by atomic mass is 32.2. The van der Waals surface area contributed by atoms with Gasteiger partial charge in [-0.1, -0.05) is 6.07 Å². The lowest BCUT2D eigenvalue weighted by Gasteiger charge is -2.38. The van der Waals surface area contributed by atoms with Crippen LogP contribution in [-0.2, 0) is 19.6 Å². The molecule has 0 spiro atoms. The van der Waals surface area contributed by atoms with Gasteiger partial charge in [0.05, 0.1) is 11.4 Å². The highest BCUT2D eigenvalue weighted by Gasteiger charge is 2.47. The van der Waals surface area contributed by atoms with E-state index in [0.29, 0.717) is 0 Å². The number of carbonyl (C=O) groups excluding carboxylic acids is 2. The minimum absolute atomic E-state index is 0.0481. The van der Waals surface area contributed by atoms with Crippen molar-refractivity contribution in [2.24, 2.45) is 0 Å². The van der Waals surface area contributed by atoms with E-state index in [1.54, 1.807) is 6.07 Å². The standard InChI is InChI=1S/C12H15N3O4S/c1-12(2)11(17)14-10(16)7-15(12)20(18,19)9-5-3-4-8(13)6-9/h3-6H,7,13H2,1-2H3,(H,14,16,17). The van der Waals surface area contributed by atoms with Crippen molar-refractivity contribution in [3.8, 4) is 0 Å². The smallest absolute Gasteiger partial charge is 0.247 e. The van der Waals surface area contributed by atoms with E-state index in [1.165, 1.54) is 32.0 Å². The van der Waals surface area contributed by atoms with Gasteiger partial charge in [-0.05, 0) is 32.0 Å². The molecule has 1 heterocycles. The average Bonchev–Trinajstić information content (AvgIpc) is 2.34. The highest BCUT2D eigenvalue weighted by Crippen LogP contribution is 2.27. The second-order valence-electron chi connectivity index (χ2n) is 5.02. The SMILES string of the molecule is CC1(C)C(=O)NC(=O)CN1S(=O)(=O)c1cccc(N)c1. The Balaban J connectivity index is 2.52. The van der Waals surface area contributed by atoms with E-state index in [2.05, 4.69) is 5.32 Å². The van der Waals surface area contributed by atoms with Crippen LogP contribution in [0.5, 0.6) is 0 Å². The first-order valence-corrected chi connectivity index (χ1v) is 7.32. The minimum Gasteiger partial charge on any atom is -0.399 e. The van der Waals surface area contributed by atoms with Crippen molar-refractivity contribution in [3.05, 3.63) is 24.3 Å². The van der Waals surface area contributed by atoms with E-state index < -0.39 is 33.9 Å². The molecule has 0 bridgehead atoms. The maximum Gasteiger partial charge on any atom is 0.247 e. The van der Waals surface area contributed by atoms with Gasteiger partial charge in [-0.15, -0.1) is 0 Å². The molecule has 1 fully saturated rings. The molecule has 0 saturated carbocycles. The second kappa shape index (κ2) is 4.57. The van der Waals surface area contributed by atoms with Crippen LogP contribution < -0.4 is 11.1 Å². The molecule has 0 aliphatic carbocycles. The molecule has 8 heteroatoms. The van der Waals surface area contributed by atoms with Gasteiger partial charge in [0.1, 0.15) is 5.54 Å². The third-order valence-corrected chi connectivity index (χ3v) is 5.18. The molecule has 7 nitrogen and oxygen atoms in total. The van der Waals surface area contributed by atoms with Gasteiger partial charge < -0.3 is 5.73 Å². The molecule has 1 aliphatic heterocycles. The van der Waals surface area contributed by atoms with Crippen molar-refractivity contribution in [1.29, 1.82) is 0 Å². The van der Waals surface area contributed by atoms with Gasteiger partial charge in [0.15, 0.2) is 0 Å². The molecular formula is C12H15N3O4S. The van der Waals surface area contributed by atoms with E-state index in [-0.39, 0.29) is 10.6 Å². The maximum atomic E-state index is 12.6. The largest absolute Gasteiger partial charge is 0.399 e. The molecule has 3 N–H and O–H groups in total. The van der Waals surface area contributed by atoms with Crippen molar-refractivity contribution in [3.63, 3.8) is 0 Å². The normalized spacial score (nSPS) is 19.7. The minimum atomic E-state index is -3.99. The fraction of sp³-hybridized carbons (Fsp3) is 0.333. The summed E-state index contributed by atoms with van der Waals surface area (Å²) in [5.74, 6) is -1.30. The number of imide groups is 1. The zero-order chi connectivity index (χ0) is 15.1. The number of piperazine rings is 1. The number of nitrogens with zero attached hydrogens (tertiary/aromatic N) is 1. The Labute approximate surface area is 116 Å². The molecule has 2 amide bonds. The summed E-state index contributed by atoms with van der Waals surface area (Å²) in [5.41, 5.74) is 4.52. The summed E-state index contributed by atoms with van der Waals surface area (Å²) >= 11 is 0. The maximum absolute atomic E-state index is 12.6. The Bertz CT molecular complexity index is 682. The number of anilines is 1. The number of hydrogen-bond acceptors (Lipinski definition) is 5. The zero-order valence-corrected chi connectivity index (χ0v) is 11.9. The van der Waals surface area contributed by atoms with Crippen LogP contribution in [0.2, 0.25) is 0 Å². The van der Waals surface area contributed by atoms with Gasteiger partial charge in [0.2, 0.25) is 21.8 Å². The molecule has 0 radical (unpaired) electrons. The summed E-state index contributed by atoms with van der Waals surface area (Å²) in [5, 5.41) is 2.13. The molecule has 1 aromatic carbocycles. The predicted octanol–water partition coefficient (Wildman–Crippen LogP) is -0.305. The molecule has 2 rings (SSSR count). The number of nitrogens with one attached hydrogen (secondary N) is 1.